The van der Waals surface area contributed by atoms with Crippen LogP contribution in [0.2, 0.25) is 0 Å². The van der Waals surface area contributed by atoms with Gasteiger partial charge in [0.05, 0.1) is 18.0 Å². The molecule has 0 radical (unpaired) electrons. The molecule has 2 aromatic heterocycles. The molecule has 0 bridgehead atoms. The van der Waals surface area contributed by atoms with E-state index in [0.29, 0.717) is 22.9 Å². The molecule has 2 aromatic rings. The number of fused-ring (bicyclic) bond motifs is 1. The quantitative estimate of drug-likeness (QED) is 0.693. The number of nitrogens with zero attached hydrogens (tertiary/aromatic N) is 3. The lowest BCUT2D eigenvalue weighted by atomic mass is 10.0. The van der Waals surface area contributed by atoms with Gasteiger partial charge in [0, 0.05) is 31.6 Å². The highest BCUT2D eigenvalue weighted by molar-refractivity contribution is 6.12. The first-order valence-electron chi connectivity index (χ1n) is 7.52. The second kappa shape index (κ2) is 6.17. The third-order valence-electron chi connectivity index (χ3n) is 3.99. The highest BCUT2D eigenvalue weighted by atomic mass is 16.5. The number of H-pyrrole nitrogens is 1. The highest BCUT2D eigenvalue weighted by Crippen LogP contribution is 2.25. The van der Waals surface area contributed by atoms with Gasteiger partial charge in [0.25, 0.3) is 0 Å². The summed E-state index contributed by atoms with van der Waals surface area (Å²) < 4.78 is 5.23. The van der Waals surface area contributed by atoms with E-state index in [1.807, 2.05) is 6.20 Å². The molecule has 1 fully saturated rings. The van der Waals surface area contributed by atoms with Crippen molar-refractivity contribution >= 4 is 16.7 Å². The van der Waals surface area contributed by atoms with Gasteiger partial charge in [0.15, 0.2) is 0 Å². The summed E-state index contributed by atoms with van der Waals surface area (Å²) in [5, 5.41) is 7.60. The summed E-state index contributed by atoms with van der Waals surface area (Å²) in [6, 6.07) is 1.78. The SMILES string of the molecule is COc1nccc2[nH]nc(C(=O)C=CN3CCC[C@@H](C)C3)c12. The van der Waals surface area contributed by atoms with E-state index in [0.717, 1.165) is 18.6 Å². The number of hydrogen-bond acceptors (Lipinski definition) is 5. The fraction of sp³-hybridized carbons (Fsp3) is 0.438. The molecule has 0 unspecified atom stereocenters. The lowest BCUT2D eigenvalue weighted by molar-refractivity contribution is 0.104. The van der Waals surface area contributed by atoms with Crippen molar-refractivity contribution in [2.75, 3.05) is 20.2 Å². The molecule has 1 aliphatic rings. The van der Waals surface area contributed by atoms with E-state index in [9.17, 15) is 4.79 Å². The first kappa shape index (κ1) is 14.6. The summed E-state index contributed by atoms with van der Waals surface area (Å²) in [5.41, 5.74) is 1.09. The van der Waals surface area contributed by atoms with Gasteiger partial charge in [-0.2, -0.15) is 5.10 Å². The molecule has 0 saturated carbocycles. The van der Waals surface area contributed by atoms with Crippen molar-refractivity contribution in [3.8, 4) is 5.88 Å². The second-order valence-electron chi connectivity index (χ2n) is 5.74. The van der Waals surface area contributed by atoms with Gasteiger partial charge in [0.1, 0.15) is 5.69 Å². The molecule has 22 heavy (non-hydrogen) atoms. The minimum atomic E-state index is -0.143. The number of pyridine rings is 1. The first-order valence-corrected chi connectivity index (χ1v) is 7.52. The summed E-state index contributed by atoms with van der Waals surface area (Å²) in [4.78, 5) is 18.8. The Labute approximate surface area is 129 Å². The van der Waals surface area contributed by atoms with Crippen LogP contribution < -0.4 is 4.74 Å². The van der Waals surface area contributed by atoms with Gasteiger partial charge in [-0.25, -0.2) is 4.98 Å². The number of ether oxygens (including phenoxy) is 1. The Hall–Kier alpha value is -2.37. The maximum atomic E-state index is 12.4. The summed E-state index contributed by atoms with van der Waals surface area (Å²) in [6.07, 6.45) is 7.51. The fourth-order valence-corrected chi connectivity index (χ4v) is 2.88. The number of methoxy groups -OCH3 is 1. The van der Waals surface area contributed by atoms with Crippen LogP contribution in [0.1, 0.15) is 30.3 Å². The molecule has 6 heteroatoms. The fourth-order valence-electron chi connectivity index (χ4n) is 2.88. The maximum Gasteiger partial charge on any atom is 0.225 e. The topological polar surface area (TPSA) is 71.1 Å². The average Bonchev–Trinajstić information content (AvgIpc) is 2.97. The third kappa shape index (κ3) is 2.81. The van der Waals surface area contributed by atoms with Crippen LogP contribution in [-0.4, -0.2) is 46.1 Å². The zero-order valence-electron chi connectivity index (χ0n) is 12.9. The van der Waals surface area contributed by atoms with E-state index in [4.69, 9.17) is 4.74 Å². The molecule has 0 amide bonds. The molecule has 0 aliphatic carbocycles. The third-order valence-corrected chi connectivity index (χ3v) is 3.99. The van der Waals surface area contributed by atoms with Gasteiger partial charge in [0.2, 0.25) is 11.7 Å². The first-order chi connectivity index (χ1) is 10.7. The molecule has 6 nitrogen and oxygen atoms in total. The zero-order chi connectivity index (χ0) is 15.5. The summed E-state index contributed by atoms with van der Waals surface area (Å²) in [5.74, 6) is 0.939. The van der Waals surface area contributed by atoms with Gasteiger partial charge in [-0.1, -0.05) is 6.92 Å². The molecule has 0 aromatic carbocycles. The van der Waals surface area contributed by atoms with Crippen LogP contribution in [-0.2, 0) is 0 Å². The number of hydrogen-bond donors (Lipinski definition) is 1. The van der Waals surface area contributed by atoms with E-state index in [1.165, 1.54) is 20.0 Å². The average molecular weight is 300 g/mol. The Morgan fingerprint density at radius 3 is 3.18 bits per heavy atom. The van der Waals surface area contributed by atoms with Gasteiger partial charge >= 0.3 is 0 Å². The minimum Gasteiger partial charge on any atom is -0.480 e. The van der Waals surface area contributed by atoms with Gasteiger partial charge in [-0.3, -0.25) is 9.89 Å². The predicted molar refractivity (Wildman–Crippen MR) is 83.9 cm³/mol. The van der Waals surface area contributed by atoms with Crippen molar-refractivity contribution in [3.05, 3.63) is 30.2 Å². The summed E-state index contributed by atoms with van der Waals surface area (Å²) >= 11 is 0. The Morgan fingerprint density at radius 1 is 1.55 bits per heavy atom. The van der Waals surface area contributed by atoms with Crippen molar-refractivity contribution in [1.29, 1.82) is 0 Å². The van der Waals surface area contributed by atoms with Crippen molar-refractivity contribution < 1.29 is 9.53 Å². The molecule has 1 saturated heterocycles. The number of allylic oxidation sites excluding steroid dienone is 1. The smallest absolute Gasteiger partial charge is 0.225 e. The second-order valence-corrected chi connectivity index (χ2v) is 5.74. The van der Waals surface area contributed by atoms with Crippen molar-refractivity contribution in [2.24, 2.45) is 5.92 Å². The van der Waals surface area contributed by atoms with E-state index in [2.05, 4.69) is 27.0 Å². The lowest BCUT2D eigenvalue weighted by Gasteiger charge is -2.29. The van der Waals surface area contributed by atoms with Crippen molar-refractivity contribution in [1.82, 2.24) is 20.1 Å². The van der Waals surface area contributed by atoms with Crippen molar-refractivity contribution in [2.45, 2.75) is 19.8 Å². The van der Waals surface area contributed by atoms with Crippen LogP contribution in [0.5, 0.6) is 5.88 Å². The van der Waals surface area contributed by atoms with Crippen LogP contribution in [0, 0.1) is 5.92 Å². The van der Waals surface area contributed by atoms with Gasteiger partial charge < -0.3 is 9.64 Å². The van der Waals surface area contributed by atoms with E-state index in [-0.39, 0.29) is 5.78 Å². The van der Waals surface area contributed by atoms with Crippen LogP contribution in [0.25, 0.3) is 10.9 Å². The number of aromatic amines is 1. The molecule has 0 spiro atoms. The molecular formula is C16H20N4O2. The molecule has 1 N–H and O–H groups in total. The van der Waals surface area contributed by atoms with Crippen LogP contribution in [0.4, 0.5) is 0 Å². The summed E-state index contributed by atoms with van der Waals surface area (Å²) in [7, 11) is 1.54. The standard InChI is InChI=1S/C16H20N4O2/c1-11-4-3-8-20(10-11)9-6-13(21)15-14-12(18-19-15)5-7-17-16(14)22-2/h5-7,9,11H,3-4,8,10H2,1-2H3,(H,18,19)/t11-/m1/s1. The monoisotopic (exact) mass is 300 g/mol. The van der Waals surface area contributed by atoms with Gasteiger partial charge in [-0.05, 0) is 24.8 Å². The van der Waals surface area contributed by atoms with E-state index in [1.54, 1.807) is 18.3 Å². The molecule has 1 aliphatic heterocycles. The number of piperidine rings is 1. The zero-order valence-corrected chi connectivity index (χ0v) is 12.9. The predicted octanol–water partition coefficient (Wildman–Crippen LogP) is 2.39. The lowest BCUT2D eigenvalue weighted by Crippen LogP contribution is -2.30. The van der Waals surface area contributed by atoms with Crippen LogP contribution in [0.3, 0.4) is 0 Å². The minimum absolute atomic E-state index is 0.143. The normalized spacial score (nSPS) is 19.0. The number of aromatic nitrogens is 3. The maximum absolute atomic E-state index is 12.4. The molecule has 3 heterocycles. The molecule has 116 valence electrons. The Morgan fingerprint density at radius 2 is 2.41 bits per heavy atom. The number of nitrogens with one attached hydrogen (secondary N) is 1. The van der Waals surface area contributed by atoms with Crippen molar-refractivity contribution in [3.63, 3.8) is 0 Å². The number of carbonyl (C=O) groups is 1. The molecular weight excluding hydrogens is 280 g/mol. The molecule has 1 atom stereocenters. The highest BCUT2D eigenvalue weighted by Gasteiger charge is 2.18. The Bertz CT molecular complexity index is 707. The summed E-state index contributed by atoms with van der Waals surface area (Å²) in [6.45, 7) is 4.23. The van der Waals surface area contributed by atoms with E-state index < -0.39 is 0 Å². The largest absolute Gasteiger partial charge is 0.480 e. The Kier molecular flexibility index (Phi) is 4.09. The Balaban J connectivity index is 1.83. The van der Waals surface area contributed by atoms with Crippen LogP contribution >= 0.6 is 0 Å². The number of rotatable bonds is 4. The van der Waals surface area contributed by atoms with E-state index >= 15 is 0 Å². The number of likely N-dealkylation sites (tertiary alicyclic amines) is 1. The molecule has 3 rings (SSSR count). The number of carbonyl (C=O) groups excluding carboxylic acids is 1. The number of ketones is 1. The van der Waals surface area contributed by atoms with Gasteiger partial charge in [-0.15, -0.1) is 0 Å². The van der Waals surface area contributed by atoms with Crippen LogP contribution in [0.15, 0.2) is 24.5 Å².